The second-order valence-electron chi connectivity index (χ2n) is 2.50. The minimum atomic E-state index is -4.58. The van der Waals surface area contributed by atoms with Crippen LogP contribution in [-0.2, 0) is 4.74 Å². The molecule has 3 nitrogen and oxygen atoms in total. The lowest BCUT2D eigenvalue weighted by atomic mass is 10.4. The van der Waals surface area contributed by atoms with Crippen molar-refractivity contribution in [1.29, 1.82) is 0 Å². The minimum Gasteiger partial charge on any atom is -0.461 e. The van der Waals surface area contributed by atoms with Gasteiger partial charge in [-0.3, -0.25) is 5.21 Å². The van der Waals surface area contributed by atoms with Gasteiger partial charge in [-0.2, -0.15) is 13.2 Å². The molecule has 0 bridgehead atoms. The van der Waals surface area contributed by atoms with Crippen LogP contribution in [0.25, 0.3) is 0 Å². The molecule has 1 atom stereocenters. The van der Waals surface area contributed by atoms with Crippen molar-refractivity contribution in [3.8, 4) is 0 Å². The van der Waals surface area contributed by atoms with E-state index in [-0.39, 0.29) is 16.5 Å². The van der Waals surface area contributed by atoms with Crippen LogP contribution >= 0.6 is 0 Å². The molecular weight excluding hydrogens is 175 g/mol. The zero-order valence-corrected chi connectivity index (χ0v) is 6.51. The maximum Gasteiger partial charge on any atom is 0.447 e. The summed E-state index contributed by atoms with van der Waals surface area (Å²) in [5.74, 6) is 0.0832. The van der Waals surface area contributed by atoms with Crippen molar-refractivity contribution >= 4 is 0 Å². The summed E-state index contributed by atoms with van der Waals surface area (Å²) in [6.07, 6.45) is -6.83. The van der Waals surface area contributed by atoms with E-state index in [1.54, 1.807) is 0 Å². The average molecular weight is 183 g/mol. The van der Waals surface area contributed by atoms with E-state index in [1.807, 2.05) is 0 Å². The molecule has 1 heterocycles. The Kier molecular flexibility index (Phi) is 1.95. The van der Waals surface area contributed by atoms with Crippen LogP contribution in [0.5, 0.6) is 0 Å². The number of rotatable bonds is 0. The van der Waals surface area contributed by atoms with Crippen molar-refractivity contribution in [1.82, 2.24) is 5.06 Å². The maximum absolute atomic E-state index is 12.0. The summed E-state index contributed by atoms with van der Waals surface area (Å²) in [6.45, 7) is 2.71. The van der Waals surface area contributed by atoms with Crippen molar-refractivity contribution < 1.29 is 23.1 Å². The summed E-state index contributed by atoms with van der Waals surface area (Å²) >= 11 is 0. The lowest BCUT2D eigenvalue weighted by Gasteiger charge is -2.21. The van der Waals surface area contributed by atoms with Crippen molar-refractivity contribution in [3.63, 3.8) is 0 Å². The molecule has 1 unspecified atom stereocenters. The summed E-state index contributed by atoms with van der Waals surface area (Å²) in [5, 5.41) is 8.97. The van der Waals surface area contributed by atoms with Crippen LogP contribution in [0.2, 0.25) is 0 Å². The van der Waals surface area contributed by atoms with Crippen LogP contribution in [0.1, 0.15) is 13.8 Å². The van der Waals surface area contributed by atoms with Crippen molar-refractivity contribution in [2.45, 2.75) is 26.3 Å². The topological polar surface area (TPSA) is 32.7 Å². The predicted octanol–water partition coefficient (Wildman–Crippen LogP) is 1.85. The van der Waals surface area contributed by atoms with Crippen LogP contribution in [0.3, 0.4) is 0 Å². The highest BCUT2D eigenvalue weighted by atomic mass is 19.4. The number of nitrogens with zero attached hydrogens (tertiary/aromatic N) is 1. The van der Waals surface area contributed by atoms with Gasteiger partial charge < -0.3 is 4.74 Å². The highest BCUT2D eigenvalue weighted by Crippen LogP contribution is 2.34. The molecule has 70 valence electrons. The number of hydrogen-bond donors (Lipinski definition) is 1. The van der Waals surface area contributed by atoms with E-state index in [0.29, 0.717) is 0 Å². The normalized spacial score (nSPS) is 24.8. The van der Waals surface area contributed by atoms with Crippen molar-refractivity contribution in [2.24, 2.45) is 0 Å². The van der Waals surface area contributed by atoms with Crippen molar-refractivity contribution in [2.75, 3.05) is 0 Å². The SMILES string of the molecule is CC1=C(C)N(O)C(C(F)(F)F)O1. The van der Waals surface area contributed by atoms with Gasteiger partial charge in [-0.05, 0) is 13.8 Å². The lowest BCUT2D eigenvalue weighted by Crippen LogP contribution is -2.40. The Bertz CT molecular complexity index is 223. The first-order valence-corrected chi connectivity index (χ1v) is 3.23. The molecule has 1 N–H and O–H groups in total. The van der Waals surface area contributed by atoms with E-state index in [4.69, 9.17) is 5.21 Å². The number of allylic oxidation sites excluding steroid dienone is 2. The first kappa shape index (κ1) is 9.18. The molecule has 0 aromatic rings. The molecule has 0 amide bonds. The van der Waals surface area contributed by atoms with Crippen LogP contribution in [0.4, 0.5) is 13.2 Å². The number of ether oxygens (including phenoxy) is 1. The summed E-state index contributed by atoms with van der Waals surface area (Å²) in [7, 11) is 0. The van der Waals surface area contributed by atoms with Gasteiger partial charge in [-0.25, -0.2) is 5.06 Å². The molecule has 1 aliphatic heterocycles. The Labute approximate surface area is 67.0 Å². The smallest absolute Gasteiger partial charge is 0.447 e. The molecule has 0 aliphatic carbocycles. The number of alkyl halides is 3. The fourth-order valence-electron chi connectivity index (χ4n) is 0.845. The molecule has 0 aromatic carbocycles. The van der Waals surface area contributed by atoms with Gasteiger partial charge in [0.2, 0.25) is 0 Å². The van der Waals surface area contributed by atoms with E-state index in [1.165, 1.54) is 13.8 Å². The molecule has 0 saturated heterocycles. The van der Waals surface area contributed by atoms with Gasteiger partial charge in [0.05, 0.1) is 5.70 Å². The second-order valence-corrected chi connectivity index (χ2v) is 2.50. The number of hydrogen-bond acceptors (Lipinski definition) is 3. The molecule has 0 spiro atoms. The predicted molar refractivity (Wildman–Crippen MR) is 32.9 cm³/mol. The van der Waals surface area contributed by atoms with Gasteiger partial charge in [0, 0.05) is 0 Å². The lowest BCUT2D eigenvalue weighted by molar-refractivity contribution is -0.291. The minimum absolute atomic E-state index is 0.0787. The first-order chi connectivity index (χ1) is 5.34. The quantitative estimate of drug-likeness (QED) is 0.622. The Morgan fingerprint density at radius 1 is 1.42 bits per heavy atom. The van der Waals surface area contributed by atoms with Gasteiger partial charge in [0.15, 0.2) is 0 Å². The van der Waals surface area contributed by atoms with E-state index in [9.17, 15) is 13.2 Å². The number of halogens is 3. The van der Waals surface area contributed by atoms with E-state index in [0.717, 1.165) is 0 Å². The van der Waals surface area contributed by atoms with Gasteiger partial charge in [0.25, 0.3) is 6.23 Å². The summed E-state index contributed by atoms with van der Waals surface area (Å²) in [5.41, 5.74) is 0.0809. The van der Waals surface area contributed by atoms with E-state index >= 15 is 0 Å². The molecule has 1 aliphatic rings. The molecule has 0 radical (unpaired) electrons. The highest BCUT2D eigenvalue weighted by molar-refractivity contribution is 5.07. The summed E-state index contributed by atoms with van der Waals surface area (Å²) in [4.78, 5) is 0. The van der Waals surface area contributed by atoms with Gasteiger partial charge in [-0.15, -0.1) is 0 Å². The van der Waals surface area contributed by atoms with Crippen LogP contribution in [-0.4, -0.2) is 22.7 Å². The Hall–Kier alpha value is -0.910. The Morgan fingerprint density at radius 3 is 2.08 bits per heavy atom. The highest BCUT2D eigenvalue weighted by Gasteiger charge is 2.49. The molecule has 0 fully saturated rings. The zero-order chi connectivity index (χ0) is 9.52. The fourth-order valence-corrected chi connectivity index (χ4v) is 0.845. The zero-order valence-electron chi connectivity index (χ0n) is 6.51. The van der Waals surface area contributed by atoms with Crippen LogP contribution < -0.4 is 0 Å². The second kappa shape index (κ2) is 2.55. The van der Waals surface area contributed by atoms with Crippen LogP contribution in [0.15, 0.2) is 11.5 Å². The number of hydroxylamine groups is 2. The van der Waals surface area contributed by atoms with Crippen LogP contribution in [0, 0.1) is 0 Å². The molecular formula is C6H8F3NO2. The maximum atomic E-state index is 12.0. The Morgan fingerprint density at radius 2 is 1.92 bits per heavy atom. The van der Waals surface area contributed by atoms with E-state index in [2.05, 4.69) is 4.74 Å². The summed E-state index contributed by atoms with van der Waals surface area (Å²) < 4.78 is 40.4. The largest absolute Gasteiger partial charge is 0.461 e. The van der Waals surface area contributed by atoms with Gasteiger partial charge in [-0.1, -0.05) is 0 Å². The molecule has 0 aromatic heterocycles. The summed E-state index contributed by atoms with van der Waals surface area (Å²) in [6, 6.07) is 0. The van der Waals surface area contributed by atoms with Crippen molar-refractivity contribution in [3.05, 3.63) is 11.5 Å². The average Bonchev–Trinajstić information content (AvgIpc) is 2.15. The van der Waals surface area contributed by atoms with E-state index < -0.39 is 12.4 Å². The third-order valence-corrected chi connectivity index (χ3v) is 1.64. The standard InChI is InChI=1S/C6H8F3NO2/c1-3-4(2)12-5(10(3)11)6(7,8)9/h5,11H,1-2H3. The third kappa shape index (κ3) is 1.34. The molecule has 6 heteroatoms. The molecule has 1 rings (SSSR count). The monoisotopic (exact) mass is 183 g/mol. The van der Waals surface area contributed by atoms with Gasteiger partial charge >= 0.3 is 6.18 Å². The first-order valence-electron chi connectivity index (χ1n) is 3.23. The Balaban J connectivity index is 2.80. The third-order valence-electron chi connectivity index (χ3n) is 1.64. The fraction of sp³-hybridized carbons (Fsp3) is 0.667. The molecule has 0 saturated carbocycles. The van der Waals surface area contributed by atoms with Gasteiger partial charge in [0.1, 0.15) is 5.76 Å². The molecule has 12 heavy (non-hydrogen) atoms.